The molecule has 5 rings (SSSR count). The quantitative estimate of drug-likeness (QED) is 0.580. The Bertz CT molecular complexity index is 1030. The predicted molar refractivity (Wildman–Crippen MR) is 121 cm³/mol. The summed E-state index contributed by atoms with van der Waals surface area (Å²) in [5.41, 5.74) is 0.775. The predicted octanol–water partition coefficient (Wildman–Crippen LogP) is 2.84. The van der Waals surface area contributed by atoms with Gasteiger partial charge >= 0.3 is 12.1 Å². The molecule has 11 nitrogen and oxygen atoms in total. The third-order valence-electron chi connectivity index (χ3n) is 6.21. The van der Waals surface area contributed by atoms with Crippen molar-refractivity contribution in [3.63, 3.8) is 0 Å². The number of hydrogen-bond acceptors (Lipinski definition) is 10. The molecule has 0 bridgehead atoms. The number of rotatable bonds is 7. The fraction of sp³-hybridized carbons (Fsp3) is 0.591. The molecule has 182 valence electrons. The molecule has 2 saturated heterocycles. The van der Waals surface area contributed by atoms with Gasteiger partial charge in [0.15, 0.2) is 6.10 Å². The third kappa shape index (κ3) is 4.89. The van der Waals surface area contributed by atoms with Crippen molar-refractivity contribution in [2.75, 3.05) is 25.1 Å². The Kier molecular flexibility index (Phi) is 6.97. The molecule has 1 saturated carbocycles. The number of amides is 1. The smallest absolute Gasteiger partial charge is 0.412 e. The second kappa shape index (κ2) is 10.3. The van der Waals surface area contributed by atoms with E-state index in [0.29, 0.717) is 23.1 Å². The number of thioether (sulfide) groups is 1. The first-order chi connectivity index (χ1) is 16.6. The molecule has 2 aromatic rings. The molecule has 1 amide bonds. The second-order valence-electron chi connectivity index (χ2n) is 8.46. The van der Waals surface area contributed by atoms with Crippen LogP contribution in [0.3, 0.4) is 0 Å². The first-order valence-corrected chi connectivity index (χ1v) is 12.4. The zero-order valence-electron chi connectivity index (χ0n) is 18.8. The van der Waals surface area contributed by atoms with Crippen LogP contribution >= 0.6 is 11.8 Å². The van der Waals surface area contributed by atoms with Gasteiger partial charge in [-0.2, -0.15) is 0 Å². The Morgan fingerprint density at radius 1 is 1.21 bits per heavy atom. The SMILES string of the molecule is CCOC(=O)c1cccc(NC(=O)O[C@H]2CO[C@@H]3[C@@H]2OC[C@@H]3n2nnnc2SC2CCCC2)c1. The van der Waals surface area contributed by atoms with Crippen LogP contribution in [0.5, 0.6) is 0 Å². The molecule has 1 aliphatic carbocycles. The number of hydrogen-bond donors (Lipinski definition) is 1. The molecular weight excluding hydrogens is 462 g/mol. The molecule has 34 heavy (non-hydrogen) atoms. The minimum atomic E-state index is -0.651. The van der Waals surface area contributed by atoms with Crippen LogP contribution in [0, 0.1) is 0 Å². The minimum absolute atomic E-state index is 0.179. The van der Waals surface area contributed by atoms with E-state index >= 15 is 0 Å². The van der Waals surface area contributed by atoms with Crippen molar-refractivity contribution in [1.82, 2.24) is 20.2 Å². The lowest BCUT2D eigenvalue weighted by atomic mass is 10.1. The van der Waals surface area contributed by atoms with E-state index in [1.54, 1.807) is 41.6 Å². The van der Waals surface area contributed by atoms with E-state index in [4.69, 9.17) is 18.9 Å². The molecule has 1 aromatic heterocycles. The average molecular weight is 490 g/mol. The monoisotopic (exact) mass is 489 g/mol. The lowest BCUT2D eigenvalue weighted by molar-refractivity contribution is 0.00751. The first kappa shape index (κ1) is 23.1. The standard InChI is InChI=1S/C22H27N5O6S/c1-2-30-20(28)13-6-5-7-14(10-13)23-22(29)33-17-12-32-18-16(11-31-19(17)18)27-21(24-25-26-27)34-15-8-3-4-9-15/h5-7,10,15-19H,2-4,8-9,11-12H2,1H3,(H,23,29)/t16-,17-,18-,19+/m0/s1. The zero-order chi connectivity index (χ0) is 23.5. The zero-order valence-corrected chi connectivity index (χ0v) is 19.6. The summed E-state index contributed by atoms with van der Waals surface area (Å²) in [6.45, 7) is 2.60. The summed E-state index contributed by atoms with van der Waals surface area (Å²) in [7, 11) is 0. The van der Waals surface area contributed by atoms with Gasteiger partial charge in [-0.1, -0.05) is 30.7 Å². The minimum Gasteiger partial charge on any atom is -0.462 e. The molecular formula is C22H27N5O6S. The summed E-state index contributed by atoms with van der Waals surface area (Å²) >= 11 is 1.71. The molecule has 3 heterocycles. The van der Waals surface area contributed by atoms with Gasteiger partial charge in [0.25, 0.3) is 0 Å². The molecule has 12 heteroatoms. The van der Waals surface area contributed by atoms with Crippen LogP contribution in [-0.4, -0.2) is 75.7 Å². The molecule has 1 N–H and O–H groups in total. The Hall–Kier alpha value is -2.70. The molecule has 3 fully saturated rings. The second-order valence-corrected chi connectivity index (χ2v) is 9.73. The Morgan fingerprint density at radius 3 is 2.85 bits per heavy atom. The molecule has 4 atom stereocenters. The summed E-state index contributed by atoms with van der Waals surface area (Å²) in [6, 6.07) is 6.31. The molecule has 0 spiro atoms. The summed E-state index contributed by atoms with van der Waals surface area (Å²) in [5, 5.41) is 16.2. The van der Waals surface area contributed by atoms with E-state index in [2.05, 4.69) is 20.8 Å². The maximum Gasteiger partial charge on any atom is 0.412 e. The highest BCUT2D eigenvalue weighted by Gasteiger charge is 2.51. The van der Waals surface area contributed by atoms with Crippen LogP contribution in [-0.2, 0) is 18.9 Å². The van der Waals surface area contributed by atoms with E-state index in [1.165, 1.54) is 31.7 Å². The van der Waals surface area contributed by atoms with Crippen molar-refractivity contribution < 1.29 is 28.5 Å². The number of anilines is 1. The maximum absolute atomic E-state index is 12.5. The van der Waals surface area contributed by atoms with Gasteiger partial charge in [-0.3, -0.25) is 5.32 Å². The number of nitrogens with zero attached hydrogens (tertiary/aromatic N) is 4. The Balaban J connectivity index is 1.18. The van der Waals surface area contributed by atoms with E-state index in [9.17, 15) is 9.59 Å². The average Bonchev–Trinajstić information content (AvgIpc) is 3.61. The number of esters is 1. The van der Waals surface area contributed by atoms with Crippen molar-refractivity contribution in [3.8, 4) is 0 Å². The fourth-order valence-corrected chi connectivity index (χ4v) is 5.84. The topological polar surface area (TPSA) is 127 Å². The molecule has 3 aliphatic rings. The highest BCUT2D eigenvalue weighted by molar-refractivity contribution is 7.99. The van der Waals surface area contributed by atoms with E-state index < -0.39 is 24.3 Å². The number of ether oxygens (including phenoxy) is 4. The lowest BCUT2D eigenvalue weighted by Gasteiger charge is -2.18. The van der Waals surface area contributed by atoms with Crippen molar-refractivity contribution >= 4 is 29.5 Å². The highest BCUT2D eigenvalue weighted by atomic mass is 32.2. The van der Waals surface area contributed by atoms with Crippen molar-refractivity contribution in [3.05, 3.63) is 29.8 Å². The molecule has 0 radical (unpaired) electrons. The van der Waals surface area contributed by atoms with Crippen LogP contribution < -0.4 is 5.32 Å². The fourth-order valence-electron chi connectivity index (χ4n) is 4.60. The number of nitrogens with one attached hydrogen (secondary N) is 1. The van der Waals surface area contributed by atoms with Gasteiger partial charge in [-0.15, -0.1) is 5.10 Å². The van der Waals surface area contributed by atoms with Gasteiger partial charge in [0.2, 0.25) is 5.16 Å². The van der Waals surface area contributed by atoms with E-state index in [1.807, 2.05) is 0 Å². The molecule has 2 aliphatic heterocycles. The van der Waals surface area contributed by atoms with Crippen LogP contribution in [0.25, 0.3) is 0 Å². The van der Waals surface area contributed by atoms with Crippen molar-refractivity contribution in [2.24, 2.45) is 0 Å². The van der Waals surface area contributed by atoms with Gasteiger partial charge in [0, 0.05) is 10.9 Å². The lowest BCUT2D eigenvalue weighted by Crippen LogP contribution is -2.35. The normalized spacial score (nSPS) is 26.4. The van der Waals surface area contributed by atoms with Crippen molar-refractivity contribution in [2.45, 2.75) is 67.4 Å². The van der Waals surface area contributed by atoms with E-state index in [0.717, 1.165) is 5.16 Å². The van der Waals surface area contributed by atoms with Gasteiger partial charge in [-0.25, -0.2) is 14.3 Å². The van der Waals surface area contributed by atoms with Crippen molar-refractivity contribution in [1.29, 1.82) is 0 Å². The molecule has 1 aromatic carbocycles. The van der Waals surface area contributed by atoms with Crippen LogP contribution in [0.2, 0.25) is 0 Å². The van der Waals surface area contributed by atoms with Crippen LogP contribution in [0.15, 0.2) is 29.4 Å². The highest BCUT2D eigenvalue weighted by Crippen LogP contribution is 2.39. The number of aromatic nitrogens is 4. The number of tetrazole rings is 1. The molecule has 0 unspecified atom stereocenters. The van der Waals surface area contributed by atoms with Gasteiger partial charge in [0.05, 0.1) is 25.4 Å². The van der Waals surface area contributed by atoms with Gasteiger partial charge in [-0.05, 0) is 48.4 Å². The number of fused-ring (bicyclic) bond motifs is 1. The third-order valence-corrected chi connectivity index (χ3v) is 7.50. The summed E-state index contributed by atoms with van der Waals surface area (Å²) < 4.78 is 24.3. The Morgan fingerprint density at radius 2 is 2.03 bits per heavy atom. The summed E-state index contributed by atoms with van der Waals surface area (Å²) in [6.07, 6.45) is 2.91. The number of benzene rings is 1. The summed E-state index contributed by atoms with van der Waals surface area (Å²) in [4.78, 5) is 24.4. The first-order valence-electron chi connectivity index (χ1n) is 11.5. The van der Waals surface area contributed by atoms with E-state index in [-0.39, 0.29) is 25.4 Å². The van der Waals surface area contributed by atoms with Crippen LogP contribution in [0.4, 0.5) is 10.5 Å². The summed E-state index contributed by atoms with van der Waals surface area (Å²) in [5.74, 6) is -0.454. The van der Waals surface area contributed by atoms with Gasteiger partial charge in [0.1, 0.15) is 18.2 Å². The maximum atomic E-state index is 12.5. The Labute approximate surface area is 200 Å². The largest absolute Gasteiger partial charge is 0.462 e. The number of carbonyl (C=O) groups is 2. The van der Waals surface area contributed by atoms with Crippen LogP contribution in [0.1, 0.15) is 49.0 Å². The number of carbonyl (C=O) groups excluding carboxylic acids is 2. The van der Waals surface area contributed by atoms with Gasteiger partial charge < -0.3 is 18.9 Å².